The zero-order valence-electron chi connectivity index (χ0n) is 8.34. The molecule has 0 aliphatic heterocycles. The van der Waals surface area contributed by atoms with Crippen LogP contribution in [0.4, 0.5) is 0 Å². The first-order valence-corrected chi connectivity index (χ1v) is 6.60. The standard InChI is InChI=1S/C12H20S/c13-7-6-12-5-4-9(8-12)10-2-1-3-11(10)12/h9-11,13H,1-8H2. The Morgan fingerprint density at radius 3 is 3.00 bits per heavy atom. The molecular weight excluding hydrogens is 176 g/mol. The summed E-state index contributed by atoms with van der Waals surface area (Å²) in [4.78, 5) is 0. The summed E-state index contributed by atoms with van der Waals surface area (Å²) in [5.41, 5.74) is 0.785. The van der Waals surface area contributed by atoms with Crippen LogP contribution in [0.15, 0.2) is 0 Å². The summed E-state index contributed by atoms with van der Waals surface area (Å²) < 4.78 is 0. The molecule has 0 nitrogen and oxygen atoms in total. The maximum Gasteiger partial charge on any atom is -0.00925 e. The lowest BCUT2D eigenvalue weighted by Gasteiger charge is -2.35. The van der Waals surface area contributed by atoms with Gasteiger partial charge in [0.05, 0.1) is 0 Å². The normalized spacial score (nSPS) is 52.8. The number of fused-ring (bicyclic) bond motifs is 5. The largest absolute Gasteiger partial charge is 0.179 e. The van der Waals surface area contributed by atoms with Crippen molar-refractivity contribution in [3.05, 3.63) is 0 Å². The van der Waals surface area contributed by atoms with Gasteiger partial charge in [-0.3, -0.25) is 0 Å². The monoisotopic (exact) mass is 196 g/mol. The molecule has 0 aromatic carbocycles. The Balaban J connectivity index is 1.87. The minimum Gasteiger partial charge on any atom is -0.179 e. The third-order valence-electron chi connectivity index (χ3n) is 5.25. The number of hydrogen-bond donors (Lipinski definition) is 1. The van der Waals surface area contributed by atoms with Crippen molar-refractivity contribution in [3.63, 3.8) is 0 Å². The molecular formula is C12H20S. The second kappa shape index (κ2) is 2.92. The highest BCUT2D eigenvalue weighted by Crippen LogP contribution is 2.66. The summed E-state index contributed by atoms with van der Waals surface area (Å²) in [5, 5.41) is 0. The van der Waals surface area contributed by atoms with Gasteiger partial charge < -0.3 is 0 Å². The van der Waals surface area contributed by atoms with Crippen LogP contribution in [0.2, 0.25) is 0 Å². The molecule has 74 valence electrons. The smallest absolute Gasteiger partial charge is 0.00925 e. The van der Waals surface area contributed by atoms with Gasteiger partial charge in [-0.15, -0.1) is 0 Å². The Labute approximate surface area is 86.9 Å². The third kappa shape index (κ3) is 1.06. The lowest BCUT2D eigenvalue weighted by molar-refractivity contribution is 0.149. The molecule has 0 amide bonds. The Morgan fingerprint density at radius 1 is 1.23 bits per heavy atom. The van der Waals surface area contributed by atoms with E-state index in [0.29, 0.717) is 0 Å². The molecule has 4 atom stereocenters. The molecule has 13 heavy (non-hydrogen) atoms. The van der Waals surface area contributed by atoms with Gasteiger partial charge in [-0.1, -0.05) is 6.42 Å². The van der Waals surface area contributed by atoms with Gasteiger partial charge in [0.25, 0.3) is 0 Å². The zero-order valence-corrected chi connectivity index (χ0v) is 9.23. The third-order valence-corrected chi connectivity index (χ3v) is 5.48. The van der Waals surface area contributed by atoms with Crippen molar-refractivity contribution in [2.45, 2.75) is 44.9 Å². The molecule has 0 spiro atoms. The molecule has 3 aliphatic rings. The lowest BCUT2D eigenvalue weighted by Crippen LogP contribution is -2.28. The van der Waals surface area contributed by atoms with E-state index in [0.717, 1.165) is 28.9 Å². The first kappa shape index (κ1) is 8.64. The molecule has 1 heteroatoms. The maximum absolute atomic E-state index is 4.45. The van der Waals surface area contributed by atoms with E-state index < -0.39 is 0 Å². The minimum atomic E-state index is 0.785. The van der Waals surface area contributed by atoms with Crippen LogP contribution in [0.3, 0.4) is 0 Å². The molecule has 0 aromatic heterocycles. The first-order valence-electron chi connectivity index (χ1n) is 5.97. The predicted octanol–water partition coefficient (Wildman–Crippen LogP) is 3.52. The summed E-state index contributed by atoms with van der Waals surface area (Å²) in [6.07, 6.45) is 10.7. The average Bonchev–Trinajstić information content (AvgIpc) is 2.73. The second-order valence-corrected chi connectivity index (χ2v) is 5.99. The topological polar surface area (TPSA) is 0 Å². The van der Waals surface area contributed by atoms with Gasteiger partial charge in [0.2, 0.25) is 0 Å². The highest BCUT2D eigenvalue weighted by Gasteiger charge is 2.57. The summed E-state index contributed by atoms with van der Waals surface area (Å²) in [5.74, 6) is 4.52. The van der Waals surface area contributed by atoms with E-state index in [1.165, 1.54) is 12.8 Å². The molecule has 0 aromatic rings. The van der Waals surface area contributed by atoms with Crippen LogP contribution in [0.1, 0.15) is 44.9 Å². The zero-order chi connectivity index (χ0) is 8.89. The second-order valence-electron chi connectivity index (χ2n) is 5.54. The van der Waals surface area contributed by atoms with Crippen molar-refractivity contribution in [2.24, 2.45) is 23.2 Å². The van der Waals surface area contributed by atoms with Crippen LogP contribution in [0, 0.1) is 23.2 Å². The van der Waals surface area contributed by atoms with Crippen LogP contribution < -0.4 is 0 Å². The number of rotatable bonds is 2. The SMILES string of the molecule is SCCC12CCC(C1)C1CCCC12. The summed E-state index contributed by atoms with van der Waals surface area (Å²) >= 11 is 4.45. The van der Waals surface area contributed by atoms with Gasteiger partial charge in [-0.2, -0.15) is 12.6 Å². The fraction of sp³-hybridized carbons (Fsp3) is 1.00. The number of hydrogen-bond acceptors (Lipinski definition) is 1. The van der Waals surface area contributed by atoms with Crippen molar-refractivity contribution in [2.75, 3.05) is 5.75 Å². The maximum atomic E-state index is 4.45. The first-order chi connectivity index (χ1) is 6.36. The average molecular weight is 196 g/mol. The molecule has 0 heterocycles. The fourth-order valence-corrected chi connectivity index (χ4v) is 5.30. The summed E-state index contributed by atoms with van der Waals surface area (Å²) in [6.45, 7) is 0. The van der Waals surface area contributed by atoms with E-state index in [2.05, 4.69) is 12.6 Å². The van der Waals surface area contributed by atoms with Crippen LogP contribution in [-0.2, 0) is 0 Å². The molecule has 0 saturated heterocycles. The Hall–Kier alpha value is 0.350. The molecule has 3 saturated carbocycles. The van der Waals surface area contributed by atoms with Crippen LogP contribution in [-0.4, -0.2) is 5.75 Å². The highest BCUT2D eigenvalue weighted by molar-refractivity contribution is 7.80. The highest BCUT2D eigenvalue weighted by atomic mass is 32.1. The fourth-order valence-electron chi connectivity index (χ4n) is 4.85. The van der Waals surface area contributed by atoms with Crippen molar-refractivity contribution in [3.8, 4) is 0 Å². The molecule has 3 aliphatic carbocycles. The minimum absolute atomic E-state index is 0.785. The van der Waals surface area contributed by atoms with Gasteiger partial charge in [0.1, 0.15) is 0 Å². The Kier molecular flexibility index (Phi) is 1.94. The van der Waals surface area contributed by atoms with E-state index in [-0.39, 0.29) is 0 Å². The van der Waals surface area contributed by atoms with Crippen LogP contribution in [0.5, 0.6) is 0 Å². The van der Waals surface area contributed by atoms with Gasteiger partial charge in [0, 0.05) is 0 Å². The van der Waals surface area contributed by atoms with Crippen molar-refractivity contribution < 1.29 is 0 Å². The van der Waals surface area contributed by atoms with Gasteiger partial charge in [-0.25, -0.2) is 0 Å². The van der Waals surface area contributed by atoms with E-state index in [1.807, 2.05) is 0 Å². The van der Waals surface area contributed by atoms with E-state index in [4.69, 9.17) is 0 Å². The van der Waals surface area contributed by atoms with E-state index >= 15 is 0 Å². The van der Waals surface area contributed by atoms with Crippen molar-refractivity contribution in [1.29, 1.82) is 0 Å². The summed E-state index contributed by atoms with van der Waals surface area (Å²) in [7, 11) is 0. The van der Waals surface area contributed by atoms with Crippen molar-refractivity contribution >= 4 is 12.6 Å². The van der Waals surface area contributed by atoms with Crippen LogP contribution in [0.25, 0.3) is 0 Å². The quantitative estimate of drug-likeness (QED) is 0.642. The Morgan fingerprint density at radius 2 is 2.15 bits per heavy atom. The summed E-state index contributed by atoms with van der Waals surface area (Å²) in [6, 6.07) is 0. The van der Waals surface area contributed by atoms with Crippen LogP contribution >= 0.6 is 12.6 Å². The van der Waals surface area contributed by atoms with Gasteiger partial charge in [-0.05, 0) is 67.4 Å². The van der Waals surface area contributed by atoms with E-state index in [9.17, 15) is 0 Å². The molecule has 0 radical (unpaired) electrons. The Bertz CT molecular complexity index is 213. The predicted molar refractivity (Wildman–Crippen MR) is 59.1 cm³/mol. The molecule has 3 fully saturated rings. The molecule has 0 N–H and O–H groups in total. The van der Waals surface area contributed by atoms with Gasteiger partial charge in [0.15, 0.2) is 0 Å². The van der Waals surface area contributed by atoms with E-state index in [1.54, 1.807) is 32.1 Å². The van der Waals surface area contributed by atoms with Crippen molar-refractivity contribution in [1.82, 2.24) is 0 Å². The molecule has 2 bridgehead atoms. The number of thiol groups is 1. The van der Waals surface area contributed by atoms with Gasteiger partial charge >= 0.3 is 0 Å². The molecule has 4 unspecified atom stereocenters. The molecule has 3 rings (SSSR count). The lowest BCUT2D eigenvalue weighted by atomic mass is 9.70.